The Morgan fingerprint density at radius 1 is 1.12 bits per heavy atom. The number of methoxy groups -OCH3 is 1. The van der Waals surface area contributed by atoms with Gasteiger partial charge in [-0.3, -0.25) is 9.59 Å². The van der Waals surface area contributed by atoms with Gasteiger partial charge in [-0.1, -0.05) is 18.2 Å². The van der Waals surface area contributed by atoms with Gasteiger partial charge in [0.2, 0.25) is 11.8 Å². The van der Waals surface area contributed by atoms with Crippen molar-refractivity contribution in [3.63, 3.8) is 0 Å². The van der Waals surface area contributed by atoms with Gasteiger partial charge in [-0.25, -0.2) is 0 Å². The first kappa shape index (κ1) is 18.3. The highest BCUT2D eigenvalue weighted by atomic mass is 16.5. The van der Waals surface area contributed by atoms with E-state index in [1.54, 1.807) is 12.0 Å². The Hall–Kier alpha value is -2.08. The second-order valence-corrected chi connectivity index (χ2v) is 5.99. The number of carbonyl (C=O) groups excluding carboxylic acids is 2. The Morgan fingerprint density at radius 2 is 1.79 bits per heavy atom. The van der Waals surface area contributed by atoms with Crippen LogP contribution < -0.4 is 4.90 Å². The van der Waals surface area contributed by atoms with Gasteiger partial charge in [0.05, 0.1) is 6.54 Å². The van der Waals surface area contributed by atoms with E-state index >= 15 is 0 Å². The third-order valence-corrected chi connectivity index (χ3v) is 4.30. The summed E-state index contributed by atoms with van der Waals surface area (Å²) in [5.41, 5.74) is 1.19. The SMILES string of the molecule is COCCCN(CC(=O)N1CCN(c2ccccc2)CC1)C(C)=O. The Kier molecular flexibility index (Phi) is 7.06. The number of amides is 2. The van der Waals surface area contributed by atoms with E-state index in [0.29, 0.717) is 26.2 Å². The molecule has 0 atom stereocenters. The number of rotatable bonds is 7. The van der Waals surface area contributed by atoms with Crippen LogP contribution in [0, 0.1) is 0 Å². The highest BCUT2D eigenvalue weighted by molar-refractivity contribution is 5.84. The van der Waals surface area contributed by atoms with E-state index in [-0.39, 0.29) is 18.4 Å². The van der Waals surface area contributed by atoms with Crippen LogP contribution in [-0.2, 0) is 14.3 Å². The van der Waals surface area contributed by atoms with Gasteiger partial charge in [0.1, 0.15) is 0 Å². The molecule has 2 rings (SSSR count). The van der Waals surface area contributed by atoms with E-state index in [0.717, 1.165) is 19.5 Å². The molecule has 1 aromatic carbocycles. The first-order chi connectivity index (χ1) is 11.6. The minimum absolute atomic E-state index is 0.0235. The van der Waals surface area contributed by atoms with Crippen molar-refractivity contribution in [2.75, 3.05) is 57.9 Å². The van der Waals surface area contributed by atoms with Gasteiger partial charge < -0.3 is 19.4 Å². The molecule has 0 aromatic heterocycles. The van der Waals surface area contributed by atoms with Crippen molar-refractivity contribution in [3.05, 3.63) is 30.3 Å². The van der Waals surface area contributed by atoms with Crippen molar-refractivity contribution in [2.45, 2.75) is 13.3 Å². The number of nitrogens with zero attached hydrogens (tertiary/aromatic N) is 3. The molecular formula is C18H27N3O3. The zero-order valence-corrected chi connectivity index (χ0v) is 14.6. The summed E-state index contributed by atoms with van der Waals surface area (Å²) in [6.07, 6.45) is 0.741. The second kappa shape index (κ2) is 9.27. The molecule has 1 saturated heterocycles. The van der Waals surface area contributed by atoms with Gasteiger partial charge in [-0.2, -0.15) is 0 Å². The van der Waals surface area contributed by atoms with Crippen molar-refractivity contribution in [1.29, 1.82) is 0 Å². The van der Waals surface area contributed by atoms with E-state index in [1.165, 1.54) is 12.6 Å². The van der Waals surface area contributed by atoms with E-state index in [1.807, 2.05) is 23.1 Å². The molecular weight excluding hydrogens is 306 g/mol. The standard InChI is InChI=1S/C18H27N3O3/c1-16(22)21(9-6-14-24-2)15-18(23)20-12-10-19(11-13-20)17-7-4-3-5-8-17/h3-5,7-8H,6,9-15H2,1-2H3. The van der Waals surface area contributed by atoms with Crippen molar-refractivity contribution in [2.24, 2.45) is 0 Å². The monoisotopic (exact) mass is 333 g/mol. The predicted molar refractivity (Wildman–Crippen MR) is 94.0 cm³/mol. The maximum absolute atomic E-state index is 12.5. The Morgan fingerprint density at radius 3 is 2.38 bits per heavy atom. The van der Waals surface area contributed by atoms with E-state index in [2.05, 4.69) is 17.0 Å². The number of ether oxygens (including phenoxy) is 1. The van der Waals surface area contributed by atoms with Crippen molar-refractivity contribution in [3.8, 4) is 0 Å². The maximum atomic E-state index is 12.5. The molecule has 1 fully saturated rings. The molecule has 0 aliphatic carbocycles. The third-order valence-electron chi connectivity index (χ3n) is 4.30. The summed E-state index contributed by atoms with van der Waals surface area (Å²) >= 11 is 0. The van der Waals surface area contributed by atoms with Crippen LogP contribution >= 0.6 is 0 Å². The summed E-state index contributed by atoms with van der Waals surface area (Å²) in [4.78, 5) is 29.9. The average Bonchev–Trinajstić information content (AvgIpc) is 2.61. The van der Waals surface area contributed by atoms with Crippen molar-refractivity contribution >= 4 is 17.5 Å². The molecule has 132 valence electrons. The Bertz CT molecular complexity index is 528. The van der Waals surface area contributed by atoms with E-state index < -0.39 is 0 Å². The number of benzene rings is 1. The van der Waals surface area contributed by atoms with Crippen LogP contribution in [0.15, 0.2) is 30.3 Å². The van der Waals surface area contributed by atoms with Crippen LogP contribution in [0.5, 0.6) is 0 Å². The largest absolute Gasteiger partial charge is 0.385 e. The normalized spacial score (nSPS) is 14.6. The Labute approximate surface area is 144 Å². The van der Waals surface area contributed by atoms with Gasteiger partial charge in [0, 0.05) is 59.1 Å². The van der Waals surface area contributed by atoms with Gasteiger partial charge in [0.15, 0.2) is 0 Å². The molecule has 0 unspecified atom stereocenters. The summed E-state index contributed by atoms with van der Waals surface area (Å²) in [7, 11) is 1.63. The topological polar surface area (TPSA) is 53.1 Å². The highest BCUT2D eigenvalue weighted by Crippen LogP contribution is 2.15. The smallest absolute Gasteiger partial charge is 0.242 e. The molecule has 2 amide bonds. The summed E-state index contributed by atoms with van der Waals surface area (Å²) in [5.74, 6) is -0.0438. The van der Waals surface area contributed by atoms with E-state index in [9.17, 15) is 9.59 Å². The summed E-state index contributed by atoms with van der Waals surface area (Å²) in [5, 5.41) is 0. The molecule has 6 nitrogen and oxygen atoms in total. The zero-order valence-electron chi connectivity index (χ0n) is 14.6. The summed E-state index contributed by atoms with van der Waals surface area (Å²) < 4.78 is 5.01. The number of anilines is 1. The van der Waals surface area contributed by atoms with Crippen LogP contribution in [0.25, 0.3) is 0 Å². The number of hydrogen-bond acceptors (Lipinski definition) is 4. The fourth-order valence-corrected chi connectivity index (χ4v) is 2.86. The maximum Gasteiger partial charge on any atom is 0.242 e. The van der Waals surface area contributed by atoms with Gasteiger partial charge in [-0.15, -0.1) is 0 Å². The van der Waals surface area contributed by atoms with Crippen LogP contribution in [0.1, 0.15) is 13.3 Å². The molecule has 0 N–H and O–H groups in total. The lowest BCUT2D eigenvalue weighted by molar-refractivity contribution is -0.139. The lowest BCUT2D eigenvalue weighted by Gasteiger charge is -2.37. The van der Waals surface area contributed by atoms with Crippen LogP contribution in [0.2, 0.25) is 0 Å². The lowest BCUT2D eigenvalue weighted by atomic mass is 10.2. The zero-order chi connectivity index (χ0) is 17.4. The number of hydrogen-bond donors (Lipinski definition) is 0. The van der Waals surface area contributed by atoms with E-state index in [4.69, 9.17) is 4.74 Å². The summed E-state index contributed by atoms with van der Waals surface area (Å²) in [6, 6.07) is 10.2. The highest BCUT2D eigenvalue weighted by Gasteiger charge is 2.23. The van der Waals surface area contributed by atoms with Gasteiger partial charge in [0.25, 0.3) is 0 Å². The second-order valence-electron chi connectivity index (χ2n) is 5.99. The predicted octanol–water partition coefficient (Wildman–Crippen LogP) is 1.22. The molecule has 24 heavy (non-hydrogen) atoms. The van der Waals surface area contributed by atoms with Crippen LogP contribution in [0.3, 0.4) is 0 Å². The quantitative estimate of drug-likeness (QED) is 0.704. The molecule has 6 heteroatoms. The molecule has 1 aromatic rings. The minimum atomic E-state index is -0.0672. The molecule has 0 spiro atoms. The van der Waals surface area contributed by atoms with Gasteiger partial charge >= 0.3 is 0 Å². The first-order valence-electron chi connectivity index (χ1n) is 8.44. The fraction of sp³-hybridized carbons (Fsp3) is 0.556. The fourth-order valence-electron chi connectivity index (χ4n) is 2.86. The molecule has 1 aliphatic heterocycles. The number of para-hydroxylation sites is 1. The number of piperazine rings is 1. The van der Waals surface area contributed by atoms with Crippen molar-refractivity contribution < 1.29 is 14.3 Å². The average molecular weight is 333 g/mol. The Balaban J connectivity index is 1.82. The lowest BCUT2D eigenvalue weighted by Crippen LogP contribution is -2.51. The van der Waals surface area contributed by atoms with Crippen LogP contribution in [-0.4, -0.2) is 74.6 Å². The number of carbonyl (C=O) groups is 2. The molecule has 0 radical (unpaired) electrons. The molecule has 0 bridgehead atoms. The first-order valence-corrected chi connectivity index (χ1v) is 8.44. The third kappa shape index (κ3) is 5.23. The van der Waals surface area contributed by atoms with Crippen molar-refractivity contribution in [1.82, 2.24) is 9.80 Å². The summed E-state index contributed by atoms with van der Waals surface area (Å²) in [6.45, 7) is 5.83. The molecule has 0 saturated carbocycles. The molecule has 1 aliphatic rings. The minimum Gasteiger partial charge on any atom is -0.385 e. The van der Waals surface area contributed by atoms with Gasteiger partial charge in [-0.05, 0) is 18.6 Å². The van der Waals surface area contributed by atoms with Crippen LogP contribution in [0.4, 0.5) is 5.69 Å². The molecule has 1 heterocycles.